The number of anilines is 2. The second kappa shape index (κ2) is 8.82. The van der Waals surface area contributed by atoms with Crippen LogP contribution in [0.1, 0.15) is 29.3 Å². The van der Waals surface area contributed by atoms with Crippen molar-refractivity contribution >= 4 is 28.3 Å². The van der Waals surface area contributed by atoms with Gasteiger partial charge in [0.15, 0.2) is 5.82 Å². The summed E-state index contributed by atoms with van der Waals surface area (Å²) in [5, 5.41) is 5.86. The van der Waals surface area contributed by atoms with Gasteiger partial charge in [-0.25, -0.2) is 19.8 Å². The first-order valence-corrected chi connectivity index (χ1v) is 11.9. The first kappa shape index (κ1) is 22.9. The van der Waals surface area contributed by atoms with Gasteiger partial charge in [-0.1, -0.05) is 36.4 Å². The second-order valence-corrected chi connectivity index (χ2v) is 9.15. The summed E-state index contributed by atoms with van der Waals surface area (Å²) in [7, 11) is 0. The highest BCUT2D eigenvalue weighted by Crippen LogP contribution is 2.37. The molecule has 1 fully saturated rings. The van der Waals surface area contributed by atoms with Gasteiger partial charge in [-0.2, -0.15) is 0 Å². The third-order valence-electron chi connectivity index (χ3n) is 6.84. The van der Waals surface area contributed by atoms with Crippen LogP contribution in [0.2, 0.25) is 0 Å². The normalized spacial score (nSPS) is 18.0. The van der Waals surface area contributed by atoms with E-state index in [1.165, 1.54) is 17.0 Å². The number of pyridine rings is 1. The molecule has 2 aliphatic rings. The number of aromatic nitrogens is 3. The number of nitrogens with zero attached hydrogens (tertiary/aromatic N) is 4. The summed E-state index contributed by atoms with van der Waals surface area (Å²) in [4.78, 5) is 34.6. The topological polar surface area (TPSA) is 118 Å². The Morgan fingerprint density at radius 3 is 2.78 bits per heavy atom. The lowest BCUT2D eigenvalue weighted by molar-refractivity contribution is -0.116. The Kier molecular flexibility index (Phi) is 5.45. The lowest BCUT2D eigenvalue weighted by Crippen LogP contribution is -2.36. The van der Waals surface area contributed by atoms with Gasteiger partial charge in [0, 0.05) is 17.8 Å². The van der Waals surface area contributed by atoms with Gasteiger partial charge in [-0.3, -0.25) is 19.2 Å². The molecule has 1 saturated heterocycles. The van der Waals surface area contributed by atoms with Gasteiger partial charge >= 0.3 is 0 Å². The van der Waals surface area contributed by atoms with E-state index in [9.17, 15) is 14.0 Å². The molecule has 4 N–H and O–H groups in total. The van der Waals surface area contributed by atoms with Crippen LogP contribution >= 0.6 is 0 Å². The number of para-hydroxylation sites is 1. The van der Waals surface area contributed by atoms with Crippen LogP contribution in [0.4, 0.5) is 16.0 Å². The van der Waals surface area contributed by atoms with Crippen molar-refractivity contribution in [3.63, 3.8) is 0 Å². The lowest BCUT2D eigenvalue weighted by Gasteiger charge is -2.23. The maximum Gasteiger partial charge on any atom is 0.263 e. The molecule has 6 rings (SSSR count). The van der Waals surface area contributed by atoms with E-state index in [1.807, 2.05) is 37.3 Å². The smallest absolute Gasteiger partial charge is 0.263 e. The first-order chi connectivity index (χ1) is 17.9. The Balaban J connectivity index is 1.50. The molecule has 1 atom stereocenters. The van der Waals surface area contributed by atoms with Gasteiger partial charge < -0.3 is 11.1 Å². The van der Waals surface area contributed by atoms with E-state index >= 15 is 0 Å². The van der Waals surface area contributed by atoms with Gasteiger partial charge in [-0.15, -0.1) is 0 Å². The zero-order valence-electron chi connectivity index (χ0n) is 20.0. The standard InChI is InChI=1S/C27H24FN7O2/c1-15-5-4-6-16-11-18(35(27(37)22(15)16)21-8-3-2-7-19(21)28)13-34-25-23(24(29)31-14-32-25)20(33-34)12-17-9-10-30-26(17)36/h2-8,11-12,14,20,33H,9-10,13H2,1H3,(H,30,36)(H2,29,31,32)/b17-12-. The average molecular weight is 498 g/mol. The van der Waals surface area contributed by atoms with Crippen LogP contribution in [0.15, 0.2) is 71.3 Å². The Morgan fingerprint density at radius 1 is 1.16 bits per heavy atom. The van der Waals surface area contributed by atoms with E-state index in [0.717, 1.165) is 10.9 Å². The lowest BCUT2D eigenvalue weighted by atomic mass is 10.1. The number of amides is 1. The fourth-order valence-corrected chi connectivity index (χ4v) is 5.11. The van der Waals surface area contributed by atoms with Crippen molar-refractivity contribution in [1.29, 1.82) is 0 Å². The number of aryl methyl sites for hydroxylation is 1. The second-order valence-electron chi connectivity index (χ2n) is 9.15. The minimum atomic E-state index is -0.505. The fraction of sp³-hybridized carbons (Fsp3) is 0.185. The number of benzene rings is 2. The highest BCUT2D eigenvalue weighted by Gasteiger charge is 2.33. The first-order valence-electron chi connectivity index (χ1n) is 11.9. The highest BCUT2D eigenvalue weighted by molar-refractivity contribution is 5.95. The molecule has 2 aromatic heterocycles. The van der Waals surface area contributed by atoms with Gasteiger partial charge in [0.1, 0.15) is 18.0 Å². The molecule has 2 aromatic carbocycles. The Hall–Kier alpha value is -4.57. The number of hydrazine groups is 1. The van der Waals surface area contributed by atoms with E-state index in [1.54, 1.807) is 23.2 Å². The van der Waals surface area contributed by atoms with Gasteiger partial charge in [0.05, 0.1) is 29.2 Å². The number of rotatable bonds is 4. The van der Waals surface area contributed by atoms with E-state index in [-0.39, 0.29) is 23.7 Å². The summed E-state index contributed by atoms with van der Waals surface area (Å²) in [6.07, 6.45) is 3.81. The molecule has 10 heteroatoms. The number of carbonyl (C=O) groups is 1. The monoisotopic (exact) mass is 497 g/mol. The fourth-order valence-electron chi connectivity index (χ4n) is 5.11. The van der Waals surface area contributed by atoms with E-state index < -0.39 is 11.9 Å². The predicted molar refractivity (Wildman–Crippen MR) is 138 cm³/mol. The van der Waals surface area contributed by atoms with Crippen LogP contribution in [-0.2, 0) is 11.3 Å². The zero-order chi connectivity index (χ0) is 25.7. The molecular formula is C27H24FN7O2. The van der Waals surface area contributed by atoms with E-state index in [0.29, 0.717) is 46.8 Å². The summed E-state index contributed by atoms with van der Waals surface area (Å²) >= 11 is 0. The molecule has 0 saturated carbocycles. The predicted octanol–water partition coefficient (Wildman–Crippen LogP) is 2.82. The number of hydrogen-bond donors (Lipinski definition) is 3. The van der Waals surface area contributed by atoms with Crippen LogP contribution < -0.4 is 27.0 Å². The Labute approximate surface area is 211 Å². The minimum absolute atomic E-state index is 0.115. The van der Waals surface area contributed by atoms with Crippen LogP contribution in [0.5, 0.6) is 0 Å². The summed E-state index contributed by atoms with van der Waals surface area (Å²) in [5.41, 5.74) is 12.1. The van der Waals surface area contributed by atoms with E-state index in [4.69, 9.17) is 5.73 Å². The van der Waals surface area contributed by atoms with Crippen molar-refractivity contribution in [2.24, 2.45) is 0 Å². The number of nitrogen functional groups attached to an aromatic ring is 1. The third kappa shape index (κ3) is 3.82. The zero-order valence-corrected chi connectivity index (χ0v) is 20.0. The maximum atomic E-state index is 15.0. The molecule has 2 aliphatic heterocycles. The molecule has 0 bridgehead atoms. The SMILES string of the molecule is Cc1cccc2cc(CN3NC(/C=C4/CCNC4=O)c4c(N)ncnc43)n(-c3ccccc3F)c(=O)c12. The molecule has 4 aromatic rings. The molecule has 1 unspecified atom stereocenters. The van der Waals surface area contributed by atoms with Crippen LogP contribution in [0.3, 0.4) is 0 Å². The minimum Gasteiger partial charge on any atom is -0.383 e. The number of halogens is 1. The van der Waals surface area contributed by atoms with Crippen molar-refractivity contribution in [2.45, 2.75) is 25.9 Å². The highest BCUT2D eigenvalue weighted by atomic mass is 19.1. The summed E-state index contributed by atoms with van der Waals surface area (Å²) in [6, 6.07) is 13.3. The Bertz CT molecular complexity index is 1660. The van der Waals surface area contributed by atoms with Gasteiger partial charge in [0.25, 0.3) is 5.56 Å². The van der Waals surface area contributed by atoms with Crippen molar-refractivity contribution in [1.82, 2.24) is 25.3 Å². The molecule has 0 spiro atoms. The molecule has 37 heavy (non-hydrogen) atoms. The molecule has 0 radical (unpaired) electrons. The molecular weight excluding hydrogens is 473 g/mol. The van der Waals surface area contributed by atoms with Crippen molar-refractivity contribution in [2.75, 3.05) is 17.3 Å². The van der Waals surface area contributed by atoms with Crippen molar-refractivity contribution in [3.05, 3.63) is 99.5 Å². The third-order valence-corrected chi connectivity index (χ3v) is 6.84. The van der Waals surface area contributed by atoms with Crippen LogP contribution in [-0.4, -0.2) is 27.0 Å². The summed E-state index contributed by atoms with van der Waals surface area (Å²) in [6.45, 7) is 2.62. The van der Waals surface area contributed by atoms with Gasteiger partial charge in [0.2, 0.25) is 5.91 Å². The number of hydrogen-bond acceptors (Lipinski definition) is 7. The Morgan fingerprint density at radius 2 is 2.00 bits per heavy atom. The van der Waals surface area contributed by atoms with E-state index in [2.05, 4.69) is 20.7 Å². The van der Waals surface area contributed by atoms with Gasteiger partial charge in [-0.05, 0) is 42.5 Å². The molecule has 1 amide bonds. The molecule has 9 nitrogen and oxygen atoms in total. The number of nitrogens with two attached hydrogens (primary N) is 1. The maximum absolute atomic E-state index is 15.0. The number of nitrogens with one attached hydrogen (secondary N) is 2. The molecule has 0 aliphatic carbocycles. The molecule has 186 valence electrons. The van der Waals surface area contributed by atoms with Crippen LogP contribution in [0.25, 0.3) is 16.5 Å². The van der Waals surface area contributed by atoms with Crippen molar-refractivity contribution in [3.8, 4) is 5.69 Å². The quantitative estimate of drug-likeness (QED) is 0.371. The summed E-state index contributed by atoms with van der Waals surface area (Å²) < 4.78 is 16.4. The molecule has 4 heterocycles. The largest absolute Gasteiger partial charge is 0.383 e. The van der Waals surface area contributed by atoms with Crippen molar-refractivity contribution < 1.29 is 9.18 Å². The average Bonchev–Trinajstić information content (AvgIpc) is 3.44. The summed E-state index contributed by atoms with van der Waals surface area (Å²) in [5.74, 6) is 0.205. The number of carbonyl (C=O) groups excluding carboxylic acids is 1. The van der Waals surface area contributed by atoms with Crippen LogP contribution in [0, 0.1) is 12.7 Å². The number of fused-ring (bicyclic) bond motifs is 2.